The molecule has 0 aliphatic carbocycles. The summed E-state index contributed by atoms with van der Waals surface area (Å²) in [6, 6.07) is 0. The van der Waals surface area contributed by atoms with Gasteiger partial charge >= 0.3 is 0 Å². The minimum atomic E-state index is -3.03. The summed E-state index contributed by atoms with van der Waals surface area (Å²) >= 11 is 0. The van der Waals surface area contributed by atoms with Gasteiger partial charge in [0.15, 0.2) is 15.7 Å². The Balaban J connectivity index is 2.22. The van der Waals surface area contributed by atoms with Crippen LogP contribution in [0.3, 0.4) is 0 Å². The summed E-state index contributed by atoms with van der Waals surface area (Å²) in [5.41, 5.74) is 0.482. The molecular weight excluding hydrogens is 218 g/mol. The van der Waals surface area contributed by atoms with Crippen LogP contribution in [0.15, 0.2) is 10.7 Å². The second-order valence-corrected chi connectivity index (χ2v) is 5.94. The van der Waals surface area contributed by atoms with Crippen LogP contribution in [0.5, 0.6) is 0 Å². The SMILES string of the molecule is O=S1(=O)CCCC1c1coc(CCO)n1. The van der Waals surface area contributed by atoms with Crippen molar-refractivity contribution in [2.75, 3.05) is 12.4 Å². The highest BCUT2D eigenvalue weighted by atomic mass is 32.2. The first-order valence-corrected chi connectivity index (χ1v) is 6.62. The monoisotopic (exact) mass is 231 g/mol. The Bertz CT molecular complexity index is 437. The van der Waals surface area contributed by atoms with E-state index in [1.54, 1.807) is 0 Å². The lowest BCUT2D eigenvalue weighted by Crippen LogP contribution is -2.08. The van der Waals surface area contributed by atoms with Crippen molar-refractivity contribution in [1.29, 1.82) is 0 Å². The van der Waals surface area contributed by atoms with Crippen molar-refractivity contribution in [3.63, 3.8) is 0 Å². The van der Waals surface area contributed by atoms with Crippen LogP contribution >= 0.6 is 0 Å². The van der Waals surface area contributed by atoms with Gasteiger partial charge in [-0.15, -0.1) is 0 Å². The molecule has 1 aromatic rings. The van der Waals surface area contributed by atoms with Gasteiger partial charge in [-0.2, -0.15) is 0 Å². The van der Waals surface area contributed by atoms with Crippen molar-refractivity contribution in [3.05, 3.63) is 17.8 Å². The van der Waals surface area contributed by atoms with E-state index >= 15 is 0 Å². The van der Waals surface area contributed by atoms with Gasteiger partial charge in [-0.3, -0.25) is 0 Å². The maximum Gasteiger partial charge on any atom is 0.196 e. The van der Waals surface area contributed by atoms with Crippen LogP contribution in [-0.4, -0.2) is 30.9 Å². The quantitative estimate of drug-likeness (QED) is 0.817. The normalized spacial score (nSPS) is 24.5. The van der Waals surface area contributed by atoms with Gasteiger partial charge in [-0.1, -0.05) is 0 Å². The molecule has 1 unspecified atom stereocenters. The Kier molecular flexibility index (Phi) is 2.79. The van der Waals surface area contributed by atoms with Gasteiger partial charge in [0, 0.05) is 6.42 Å². The number of oxazole rings is 1. The second kappa shape index (κ2) is 3.94. The number of aromatic nitrogens is 1. The molecule has 1 saturated heterocycles. The van der Waals surface area contributed by atoms with Crippen LogP contribution in [0.25, 0.3) is 0 Å². The van der Waals surface area contributed by atoms with E-state index in [4.69, 9.17) is 9.52 Å². The second-order valence-electron chi connectivity index (χ2n) is 3.64. The predicted molar refractivity (Wildman–Crippen MR) is 53.1 cm³/mol. The Morgan fingerprint density at radius 3 is 3.00 bits per heavy atom. The molecule has 1 aromatic heterocycles. The molecule has 2 rings (SSSR count). The molecule has 0 amide bonds. The third-order valence-corrected chi connectivity index (χ3v) is 4.76. The van der Waals surface area contributed by atoms with Gasteiger partial charge in [0.2, 0.25) is 0 Å². The minimum Gasteiger partial charge on any atom is -0.449 e. The van der Waals surface area contributed by atoms with Crippen LogP contribution in [0.2, 0.25) is 0 Å². The maximum absolute atomic E-state index is 11.6. The fourth-order valence-electron chi connectivity index (χ4n) is 1.81. The van der Waals surface area contributed by atoms with E-state index in [1.807, 2.05) is 0 Å². The first-order chi connectivity index (χ1) is 7.13. The molecular formula is C9H13NO4S. The number of hydrogen-bond acceptors (Lipinski definition) is 5. The van der Waals surface area contributed by atoms with E-state index in [-0.39, 0.29) is 12.4 Å². The highest BCUT2D eigenvalue weighted by Crippen LogP contribution is 2.33. The minimum absolute atomic E-state index is 0.0443. The molecule has 1 fully saturated rings. The number of hydrogen-bond donors (Lipinski definition) is 1. The largest absolute Gasteiger partial charge is 0.449 e. The van der Waals surface area contributed by atoms with Gasteiger partial charge < -0.3 is 9.52 Å². The van der Waals surface area contributed by atoms with E-state index in [1.165, 1.54) is 6.26 Å². The van der Waals surface area contributed by atoms with Gasteiger partial charge in [0.05, 0.1) is 18.1 Å². The Labute approximate surface area is 88.0 Å². The molecule has 2 heterocycles. The van der Waals surface area contributed by atoms with E-state index in [0.717, 1.165) is 0 Å². The smallest absolute Gasteiger partial charge is 0.196 e. The Hall–Kier alpha value is -0.880. The number of sulfone groups is 1. The van der Waals surface area contributed by atoms with Gasteiger partial charge in [0.25, 0.3) is 0 Å². The van der Waals surface area contributed by atoms with Crippen LogP contribution in [-0.2, 0) is 16.3 Å². The molecule has 1 atom stereocenters. The fraction of sp³-hybridized carbons (Fsp3) is 0.667. The Morgan fingerprint density at radius 1 is 1.60 bits per heavy atom. The zero-order valence-electron chi connectivity index (χ0n) is 8.22. The predicted octanol–water partition coefficient (Wildman–Crippen LogP) is 0.459. The molecule has 0 saturated carbocycles. The lowest BCUT2D eigenvalue weighted by atomic mass is 10.2. The lowest BCUT2D eigenvalue weighted by Gasteiger charge is -2.03. The summed E-state index contributed by atoms with van der Waals surface area (Å²) in [6.45, 7) is -0.0443. The highest BCUT2D eigenvalue weighted by Gasteiger charge is 2.34. The van der Waals surface area contributed by atoms with E-state index < -0.39 is 15.1 Å². The number of aliphatic hydroxyl groups is 1. The molecule has 1 aliphatic rings. The van der Waals surface area contributed by atoms with Crippen molar-refractivity contribution in [2.24, 2.45) is 0 Å². The van der Waals surface area contributed by atoms with Crippen LogP contribution in [0.1, 0.15) is 29.7 Å². The van der Waals surface area contributed by atoms with E-state index in [9.17, 15) is 8.42 Å². The maximum atomic E-state index is 11.6. The fourth-order valence-corrected chi connectivity index (χ4v) is 3.66. The van der Waals surface area contributed by atoms with Gasteiger partial charge in [0.1, 0.15) is 11.5 Å². The van der Waals surface area contributed by atoms with Crippen LogP contribution in [0.4, 0.5) is 0 Å². The summed E-state index contributed by atoms with van der Waals surface area (Å²) in [5, 5.41) is 8.17. The number of rotatable bonds is 3. The van der Waals surface area contributed by atoms with Crippen molar-refractivity contribution < 1.29 is 17.9 Å². The van der Waals surface area contributed by atoms with Crippen molar-refractivity contribution in [2.45, 2.75) is 24.5 Å². The average Bonchev–Trinajstić information content (AvgIpc) is 2.72. The Morgan fingerprint density at radius 2 is 2.40 bits per heavy atom. The topological polar surface area (TPSA) is 80.4 Å². The molecule has 84 valence electrons. The summed E-state index contributed by atoms with van der Waals surface area (Å²) in [4.78, 5) is 4.07. The average molecular weight is 231 g/mol. The standard InChI is InChI=1S/C9H13NO4S/c11-4-3-9-10-7(6-14-9)8-2-1-5-15(8,12)13/h6,8,11H,1-5H2. The first kappa shape index (κ1) is 10.6. The highest BCUT2D eigenvalue weighted by molar-refractivity contribution is 7.91. The third-order valence-electron chi connectivity index (χ3n) is 2.55. The summed E-state index contributed by atoms with van der Waals surface area (Å²) in [6.07, 6.45) is 3.02. The van der Waals surface area contributed by atoms with E-state index in [0.29, 0.717) is 30.8 Å². The summed E-state index contributed by atoms with van der Waals surface area (Å²) in [7, 11) is -3.03. The molecule has 0 radical (unpaired) electrons. The third kappa shape index (κ3) is 2.05. The number of nitrogens with zero attached hydrogens (tertiary/aromatic N) is 1. The van der Waals surface area contributed by atoms with E-state index in [2.05, 4.69) is 4.98 Å². The zero-order valence-corrected chi connectivity index (χ0v) is 9.03. The molecule has 1 aliphatic heterocycles. The first-order valence-electron chi connectivity index (χ1n) is 4.90. The number of aliphatic hydroxyl groups excluding tert-OH is 1. The zero-order chi connectivity index (χ0) is 10.9. The lowest BCUT2D eigenvalue weighted by molar-refractivity contribution is 0.285. The van der Waals surface area contributed by atoms with Crippen LogP contribution < -0.4 is 0 Å². The molecule has 15 heavy (non-hydrogen) atoms. The molecule has 5 nitrogen and oxygen atoms in total. The molecule has 1 N–H and O–H groups in total. The van der Waals surface area contributed by atoms with Crippen molar-refractivity contribution in [3.8, 4) is 0 Å². The van der Waals surface area contributed by atoms with Crippen molar-refractivity contribution >= 4 is 9.84 Å². The molecule has 6 heteroatoms. The van der Waals surface area contributed by atoms with Gasteiger partial charge in [-0.25, -0.2) is 13.4 Å². The molecule has 0 aromatic carbocycles. The summed E-state index contributed by atoms with van der Waals surface area (Å²) in [5.74, 6) is 0.634. The molecule has 0 spiro atoms. The molecule has 0 bridgehead atoms. The van der Waals surface area contributed by atoms with Crippen LogP contribution in [0, 0.1) is 0 Å². The van der Waals surface area contributed by atoms with Gasteiger partial charge in [-0.05, 0) is 12.8 Å². The van der Waals surface area contributed by atoms with Crippen molar-refractivity contribution in [1.82, 2.24) is 4.98 Å². The summed E-state index contributed by atoms with van der Waals surface area (Å²) < 4.78 is 28.3.